The zero-order valence-corrected chi connectivity index (χ0v) is 19.7. The van der Waals surface area contributed by atoms with Crippen LogP contribution in [-0.4, -0.2) is 79.4 Å². The Labute approximate surface area is 194 Å². The van der Waals surface area contributed by atoms with Gasteiger partial charge in [-0.05, 0) is 24.6 Å². The van der Waals surface area contributed by atoms with Gasteiger partial charge in [-0.1, -0.05) is 22.9 Å². The molecule has 0 spiro atoms. The summed E-state index contributed by atoms with van der Waals surface area (Å²) in [5, 5.41) is 1.23. The van der Waals surface area contributed by atoms with Gasteiger partial charge in [-0.3, -0.25) is 14.6 Å². The lowest BCUT2D eigenvalue weighted by atomic mass is 10.2. The quantitative estimate of drug-likeness (QED) is 0.513. The van der Waals surface area contributed by atoms with Gasteiger partial charge in [0, 0.05) is 37.3 Å². The van der Waals surface area contributed by atoms with Crippen molar-refractivity contribution in [2.45, 2.75) is 6.92 Å². The fourth-order valence-corrected chi connectivity index (χ4v) is 4.60. The molecule has 1 amide bonds. The molecule has 0 aliphatic carbocycles. The minimum atomic E-state index is -0.305. The van der Waals surface area contributed by atoms with E-state index in [0.717, 1.165) is 28.9 Å². The number of fused-ring (bicyclic) bond motifs is 1. The van der Waals surface area contributed by atoms with Crippen molar-refractivity contribution in [3.8, 4) is 11.9 Å². The molecule has 0 bridgehead atoms. The van der Waals surface area contributed by atoms with Gasteiger partial charge in [-0.2, -0.15) is 9.97 Å². The second-order valence-electron chi connectivity index (χ2n) is 7.21. The van der Waals surface area contributed by atoms with Crippen molar-refractivity contribution in [3.05, 3.63) is 34.5 Å². The fourth-order valence-electron chi connectivity index (χ4n) is 3.40. The van der Waals surface area contributed by atoms with E-state index in [9.17, 15) is 4.79 Å². The molecule has 170 valence electrons. The molecule has 1 aliphatic rings. The van der Waals surface area contributed by atoms with Crippen molar-refractivity contribution >= 4 is 44.2 Å². The number of anilines is 1. The molecule has 3 heterocycles. The average Bonchev–Trinajstić information content (AvgIpc) is 3.26. The number of thiazole rings is 1. The number of ether oxygens (including phenoxy) is 3. The molecular formula is C21H24ClN5O4S. The molecule has 1 aromatic carbocycles. The van der Waals surface area contributed by atoms with E-state index in [1.165, 1.54) is 31.6 Å². The van der Waals surface area contributed by atoms with Crippen molar-refractivity contribution in [3.63, 3.8) is 0 Å². The number of carbonyl (C=O) groups is 1. The maximum absolute atomic E-state index is 13.6. The molecular weight excluding hydrogens is 454 g/mol. The third kappa shape index (κ3) is 4.78. The fraction of sp³-hybridized carbons (Fsp3) is 0.429. The van der Waals surface area contributed by atoms with E-state index in [1.54, 1.807) is 4.90 Å². The van der Waals surface area contributed by atoms with Crippen LogP contribution in [0.2, 0.25) is 5.02 Å². The van der Waals surface area contributed by atoms with Gasteiger partial charge in [0.15, 0.2) is 5.13 Å². The van der Waals surface area contributed by atoms with E-state index < -0.39 is 0 Å². The maximum Gasteiger partial charge on any atom is 0.320 e. The van der Waals surface area contributed by atoms with Crippen LogP contribution in [0.3, 0.4) is 0 Å². The Morgan fingerprint density at radius 3 is 2.72 bits per heavy atom. The van der Waals surface area contributed by atoms with Crippen molar-refractivity contribution in [1.29, 1.82) is 0 Å². The number of benzene rings is 1. The monoisotopic (exact) mass is 477 g/mol. The summed E-state index contributed by atoms with van der Waals surface area (Å²) in [6.07, 6.45) is 0. The summed E-state index contributed by atoms with van der Waals surface area (Å²) in [5.41, 5.74) is 1.85. The van der Waals surface area contributed by atoms with Crippen LogP contribution in [-0.2, 0) is 4.74 Å². The highest BCUT2D eigenvalue weighted by molar-refractivity contribution is 7.22. The molecule has 2 aromatic heterocycles. The molecule has 1 fully saturated rings. The lowest BCUT2D eigenvalue weighted by Crippen LogP contribution is -2.43. The number of hydrogen-bond acceptors (Lipinski definition) is 9. The number of hydrogen-bond donors (Lipinski definition) is 0. The second kappa shape index (κ2) is 9.95. The Balaban J connectivity index is 1.70. The summed E-state index contributed by atoms with van der Waals surface area (Å²) in [7, 11) is 2.92. The minimum absolute atomic E-state index is 0.0627. The summed E-state index contributed by atoms with van der Waals surface area (Å²) in [4.78, 5) is 30.6. The van der Waals surface area contributed by atoms with Gasteiger partial charge in [0.05, 0.1) is 37.6 Å². The molecule has 9 nitrogen and oxygen atoms in total. The van der Waals surface area contributed by atoms with E-state index in [2.05, 4.69) is 14.9 Å². The molecule has 0 N–H and O–H groups in total. The molecule has 32 heavy (non-hydrogen) atoms. The van der Waals surface area contributed by atoms with Crippen molar-refractivity contribution in [2.24, 2.45) is 0 Å². The molecule has 0 radical (unpaired) electrons. The minimum Gasteiger partial charge on any atom is -0.481 e. The van der Waals surface area contributed by atoms with Crippen LogP contribution in [0.1, 0.15) is 16.1 Å². The molecule has 0 saturated carbocycles. The lowest BCUT2D eigenvalue weighted by Gasteiger charge is -2.29. The molecule has 0 atom stereocenters. The van der Waals surface area contributed by atoms with E-state index >= 15 is 0 Å². The largest absolute Gasteiger partial charge is 0.481 e. The highest BCUT2D eigenvalue weighted by Crippen LogP contribution is 2.34. The molecule has 3 aromatic rings. The molecule has 11 heteroatoms. The number of methoxy groups -OCH3 is 2. The highest BCUT2D eigenvalue weighted by atomic mass is 35.5. The average molecular weight is 478 g/mol. The lowest BCUT2D eigenvalue weighted by molar-refractivity contribution is 0.0391. The number of halogens is 1. The van der Waals surface area contributed by atoms with Crippen LogP contribution in [0.15, 0.2) is 18.2 Å². The first-order valence-electron chi connectivity index (χ1n) is 10.1. The Bertz CT molecular complexity index is 1100. The first kappa shape index (κ1) is 22.7. The summed E-state index contributed by atoms with van der Waals surface area (Å²) < 4.78 is 16.8. The van der Waals surface area contributed by atoms with Gasteiger partial charge in [0.25, 0.3) is 5.91 Å². The van der Waals surface area contributed by atoms with Crippen molar-refractivity contribution in [2.75, 3.05) is 58.5 Å². The summed E-state index contributed by atoms with van der Waals surface area (Å²) >= 11 is 7.73. The van der Waals surface area contributed by atoms with Crippen molar-refractivity contribution < 1.29 is 19.0 Å². The van der Waals surface area contributed by atoms with E-state index in [1.807, 2.05) is 19.1 Å². The van der Waals surface area contributed by atoms with Crippen molar-refractivity contribution in [1.82, 2.24) is 19.9 Å². The first-order valence-corrected chi connectivity index (χ1v) is 11.3. The number of amides is 1. The number of aryl methyl sites for hydroxylation is 1. The number of morpholine rings is 1. The molecule has 1 aliphatic heterocycles. The maximum atomic E-state index is 13.6. The van der Waals surface area contributed by atoms with Crippen LogP contribution in [0.4, 0.5) is 5.13 Å². The van der Waals surface area contributed by atoms with Crippen LogP contribution in [0.5, 0.6) is 11.9 Å². The van der Waals surface area contributed by atoms with Crippen LogP contribution < -0.4 is 14.4 Å². The van der Waals surface area contributed by atoms with Gasteiger partial charge in [-0.25, -0.2) is 4.98 Å². The Morgan fingerprint density at radius 2 is 2.00 bits per heavy atom. The van der Waals surface area contributed by atoms with Crippen LogP contribution in [0, 0.1) is 6.92 Å². The Morgan fingerprint density at radius 1 is 1.22 bits per heavy atom. The van der Waals surface area contributed by atoms with E-state index in [0.29, 0.717) is 36.5 Å². The predicted octanol–water partition coefficient (Wildman–Crippen LogP) is 3.04. The van der Waals surface area contributed by atoms with E-state index in [4.69, 9.17) is 30.8 Å². The standard InChI is InChI=1S/C21H24ClN5O4S/c1-13-14(22)4-5-16-18(13)25-21(32-16)27(7-6-26-8-10-31-11-9-26)19(28)15-12-17(29-2)24-20(23-15)30-3/h4-5,12H,6-11H2,1-3H3. The van der Waals surface area contributed by atoms with Gasteiger partial charge in [0.2, 0.25) is 5.88 Å². The normalized spacial score (nSPS) is 14.5. The smallest absolute Gasteiger partial charge is 0.320 e. The predicted molar refractivity (Wildman–Crippen MR) is 123 cm³/mol. The van der Waals surface area contributed by atoms with Gasteiger partial charge in [-0.15, -0.1) is 0 Å². The zero-order chi connectivity index (χ0) is 22.7. The summed E-state index contributed by atoms with van der Waals surface area (Å²) in [5.74, 6) is -0.0553. The van der Waals surface area contributed by atoms with Gasteiger partial charge < -0.3 is 14.2 Å². The number of aromatic nitrogens is 3. The topological polar surface area (TPSA) is 89.9 Å². The van der Waals surface area contributed by atoms with Gasteiger partial charge >= 0.3 is 6.01 Å². The Kier molecular flexibility index (Phi) is 7.04. The van der Waals surface area contributed by atoms with Crippen LogP contribution in [0.25, 0.3) is 10.2 Å². The molecule has 0 unspecified atom stereocenters. The first-order chi connectivity index (χ1) is 15.5. The van der Waals surface area contributed by atoms with Gasteiger partial charge in [0.1, 0.15) is 5.69 Å². The van der Waals surface area contributed by atoms with E-state index in [-0.39, 0.29) is 23.5 Å². The zero-order valence-electron chi connectivity index (χ0n) is 18.1. The summed E-state index contributed by atoms with van der Waals surface area (Å²) in [6.45, 7) is 6.08. The number of carbonyl (C=O) groups excluding carboxylic acids is 1. The van der Waals surface area contributed by atoms with Crippen LogP contribution >= 0.6 is 22.9 Å². The third-order valence-electron chi connectivity index (χ3n) is 5.25. The summed E-state index contributed by atoms with van der Waals surface area (Å²) in [6, 6.07) is 5.34. The molecule has 4 rings (SSSR count). The Hall–Kier alpha value is -2.53. The SMILES string of the molecule is COc1cc(C(=O)N(CCN2CCOCC2)c2nc3c(C)c(Cl)ccc3s2)nc(OC)n1. The number of nitrogens with zero attached hydrogens (tertiary/aromatic N) is 5. The number of rotatable bonds is 7. The highest BCUT2D eigenvalue weighted by Gasteiger charge is 2.25. The molecule has 1 saturated heterocycles. The second-order valence-corrected chi connectivity index (χ2v) is 8.62. The third-order valence-corrected chi connectivity index (χ3v) is 6.70.